The summed E-state index contributed by atoms with van der Waals surface area (Å²) in [6, 6.07) is 31.7. The van der Waals surface area contributed by atoms with Crippen molar-refractivity contribution >= 4 is 70.5 Å². The summed E-state index contributed by atoms with van der Waals surface area (Å²) in [5.41, 5.74) is 16.6. The van der Waals surface area contributed by atoms with Gasteiger partial charge in [0.05, 0.1) is 5.56 Å². The van der Waals surface area contributed by atoms with Gasteiger partial charge in [0.1, 0.15) is 69.7 Å². The minimum absolute atomic E-state index is 0. The number of carbonyl (C=O) groups is 4. The van der Waals surface area contributed by atoms with Crippen molar-refractivity contribution in [2.24, 2.45) is 0 Å². The number of benzene rings is 4. The molecule has 0 atom stereocenters. The number of hydrogen-bond donors (Lipinski definition) is 8. The molecule has 534 valence electrons. The van der Waals surface area contributed by atoms with Crippen LogP contribution in [-0.2, 0) is 23.7 Å². The number of nitro groups is 3. The third-order valence-electron chi connectivity index (χ3n) is 10.9. The van der Waals surface area contributed by atoms with Crippen molar-refractivity contribution in [2.45, 2.75) is 120 Å². The van der Waals surface area contributed by atoms with Gasteiger partial charge < -0.3 is 105 Å². The molecule has 0 aliphatic rings. The molecule has 100 heavy (non-hydrogen) atoms. The molecule has 4 aromatic heterocycles. The van der Waals surface area contributed by atoms with E-state index in [-0.39, 0.29) is 42.1 Å². The Labute approximate surface area is 573 Å². The molecular weight excluding hydrogens is 1310 g/mol. The van der Waals surface area contributed by atoms with Crippen molar-refractivity contribution in [1.29, 1.82) is 0 Å². The fraction of sp³-hybridized carbons (Fsp3) is 0.273. The summed E-state index contributed by atoms with van der Waals surface area (Å²) < 4.78 is 45.9. The van der Waals surface area contributed by atoms with Crippen LogP contribution in [0.5, 0.6) is 63.2 Å². The SMILES string of the molecule is C.CC(C)(C)OC(=O)Nc1ccc(Oc2ccnc(N)c2O)cc1.CC(C)(C)OC(=O)Nc1ccc(Oc2ccnc([N+](=O)[O-])c2O)cc1.CC(C)(C)OC(=O)OC(=O)OC(C)(C)C.Cc1c(Oc2ccc(N)cc2)ccnc1[N+](=O)[O-].Nc1ccc(Oc2ccnc([N+](=O)[O-])c2O)cc1. The molecule has 0 aliphatic heterocycles. The second-order valence-corrected chi connectivity index (χ2v) is 23.9. The molecule has 34 nitrogen and oxygen atoms in total. The van der Waals surface area contributed by atoms with Crippen LogP contribution in [0.4, 0.5) is 65.2 Å². The van der Waals surface area contributed by atoms with E-state index in [1.807, 2.05) is 0 Å². The van der Waals surface area contributed by atoms with E-state index in [1.54, 1.807) is 181 Å². The number of nitrogens with one attached hydrogen (secondary N) is 2. The van der Waals surface area contributed by atoms with Gasteiger partial charge in [0.2, 0.25) is 5.75 Å². The van der Waals surface area contributed by atoms with E-state index in [1.165, 1.54) is 48.9 Å². The summed E-state index contributed by atoms with van der Waals surface area (Å²) in [6.07, 6.45) is 1.87. The second kappa shape index (κ2) is 36.2. The Kier molecular flexibility index (Phi) is 29.4. The van der Waals surface area contributed by atoms with Crippen LogP contribution in [0.2, 0.25) is 0 Å². The van der Waals surface area contributed by atoms with Crippen molar-refractivity contribution in [3.63, 3.8) is 0 Å². The number of aromatic nitrogens is 4. The quantitative estimate of drug-likeness (QED) is 0.0133. The molecule has 8 aromatic rings. The van der Waals surface area contributed by atoms with Crippen molar-refractivity contribution in [1.82, 2.24) is 19.9 Å². The Morgan fingerprint density at radius 2 is 0.670 bits per heavy atom. The highest BCUT2D eigenvalue weighted by atomic mass is 16.8. The molecule has 34 heteroatoms. The molecule has 11 N–H and O–H groups in total. The van der Waals surface area contributed by atoms with E-state index in [4.69, 9.17) is 55.1 Å². The number of hydrogen-bond acceptors (Lipinski definition) is 29. The molecule has 0 unspecified atom stereocenters. The predicted molar refractivity (Wildman–Crippen MR) is 366 cm³/mol. The Morgan fingerprint density at radius 3 is 0.980 bits per heavy atom. The summed E-state index contributed by atoms with van der Waals surface area (Å²) in [5, 5.41) is 66.4. The lowest BCUT2D eigenvalue weighted by Gasteiger charge is -2.20. The Bertz CT molecular complexity index is 3950. The molecular formula is C66H78N12O22. The van der Waals surface area contributed by atoms with E-state index < -0.39 is 84.8 Å². The van der Waals surface area contributed by atoms with Crippen LogP contribution in [0.25, 0.3) is 0 Å². The minimum atomic E-state index is -1.06. The van der Waals surface area contributed by atoms with Gasteiger partial charge in [-0.15, -0.1) is 0 Å². The number of nitrogen functional groups attached to an aromatic ring is 3. The Hall–Kier alpha value is -13.0. The van der Waals surface area contributed by atoms with Crippen LogP contribution in [0, 0.1) is 37.3 Å². The monoisotopic (exact) mass is 1390 g/mol. The van der Waals surface area contributed by atoms with Crippen LogP contribution in [0.3, 0.4) is 0 Å². The normalized spacial score (nSPS) is 10.6. The number of anilines is 5. The molecule has 4 aromatic carbocycles. The molecule has 0 bridgehead atoms. The average Bonchev–Trinajstić information content (AvgIpc) is 0.854. The number of rotatable bonds is 13. The average molecular weight is 1390 g/mol. The van der Waals surface area contributed by atoms with Gasteiger partial charge in [-0.05, 0) is 217 Å². The zero-order valence-electron chi connectivity index (χ0n) is 55.8. The van der Waals surface area contributed by atoms with E-state index in [0.29, 0.717) is 57.1 Å². The van der Waals surface area contributed by atoms with Crippen LogP contribution in [-0.4, -0.2) is 96.9 Å². The van der Waals surface area contributed by atoms with Gasteiger partial charge in [-0.3, -0.25) is 10.6 Å². The Morgan fingerprint density at radius 1 is 0.400 bits per heavy atom. The van der Waals surface area contributed by atoms with E-state index in [0.717, 1.165) is 6.20 Å². The summed E-state index contributed by atoms with van der Waals surface area (Å²) in [4.78, 5) is 89.7. The molecule has 0 saturated carbocycles. The largest absolute Gasteiger partial charge is 0.519 e. The van der Waals surface area contributed by atoms with Gasteiger partial charge in [0.15, 0.2) is 23.1 Å². The molecule has 8 rings (SSSR count). The lowest BCUT2D eigenvalue weighted by atomic mass is 10.2. The smallest absolute Gasteiger partial charge is 0.502 e. The molecule has 0 spiro atoms. The molecule has 0 saturated heterocycles. The number of ether oxygens (including phenoxy) is 9. The Balaban J connectivity index is 0.000000328. The van der Waals surface area contributed by atoms with Gasteiger partial charge >= 0.3 is 42.0 Å². The fourth-order valence-corrected chi connectivity index (χ4v) is 6.86. The third kappa shape index (κ3) is 29.3. The van der Waals surface area contributed by atoms with Gasteiger partial charge in [-0.2, -0.15) is 0 Å². The summed E-state index contributed by atoms with van der Waals surface area (Å²) >= 11 is 0. The zero-order chi connectivity index (χ0) is 74.2. The number of nitrogens with zero attached hydrogens (tertiary/aromatic N) is 7. The van der Waals surface area contributed by atoms with Gasteiger partial charge in [-0.1, -0.05) is 7.43 Å². The number of amides is 2. The van der Waals surface area contributed by atoms with Crippen molar-refractivity contribution in [2.75, 3.05) is 27.8 Å². The maximum absolute atomic E-state index is 11.7. The minimum Gasteiger partial charge on any atom is -0.502 e. The number of pyridine rings is 4. The lowest BCUT2D eigenvalue weighted by Crippen LogP contribution is -2.29. The van der Waals surface area contributed by atoms with Gasteiger partial charge in [0, 0.05) is 53.2 Å². The highest BCUT2D eigenvalue weighted by Gasteiger charge is 2.26. The van der Waals surface area contributed by atoms with Gasteiger partial charge in [-0.25, -0.2) is 24.2 Å². The van der Waals surface area contributed by atoms with Crippen LogP contribution in [0.15, 0.2) is 146 Å². The van der Waals surface area contributed by atoms with Crippen LogP contribution >= 0.6 is 0 Å². The summed E-state index contributed by atoms with van der Waals surface area (Å²) in [7, 11) is 0. The highest BCUT2D eigenvalue weighted by Crippen LogP contribution is 2.39. The predicted octanol–water partition coefficient (Wildman–Crippen LogP) is 15.6. The van der Waals surface area contributed by atoms with Crippen molar-refractivity contribution in [3.8, 4) is 63.2 Å². The standard InChI is InChI=1S/C16H17N3O6.C16H19N3O4.C12H11N3O3.C11H9N3O4.C10H18O5.CH4/c1-16(2,3)25-15(21)18-10-4-6-11(7-5-10)24-12-8-9-17-14(13(12)20)19(22)23;1-16(2,3)23-15(21)19-10-4-6-11(7-5-10)22-12-8-9-18-14(17)13(12)20;1-8-11(6-7-14-12(8)15(16)17)18-10-4-2-9(13)3-5-10;12-7-1-3-8(4-2-7)18-9-5-6-13-11(10(9)15)14(16)17;1-9(2,3)14-7(11)13-8(12)15-10(4,5)6;/h4-9,20H,1-3H3,(H,18,21);4-9,20H,1-3H3,(H2,17,18)(H,19,21);2-7H,13H2,1H3;1-6,15H,12H2;1-6H3;1H4. The van der Waals surface area contributed by atoms with Crippen molar-refractivity contribution in [3.05, 3.63) is 182 Å². The molecule has 4 heterocycles. The first kappa shape index (κ1) is 81.2. The number of carbonyl (C=O) groups excluding carboxylic acids is 4. The molecule has 0 aliphatic carbocycles. The topological polar surface area (TPSA) is 495 Å². The van der Waals surface area contributed by atoms with Crippen LogP contribution < -0.4 is 46.8 Å². The maximum atomic E-state index is 11.7. The summed E-state index contributed by atoms with van der Waals surface area (Å²) in [6.45, 7) is 22.2. The molecule has 2 amide bonds. The summed E-state index contributed by atoms with van der Waals surface area (Å²) in [5.74, 6) is -0.842. The first-order valence-electron chi connectivity index (χ1n) is 29.0. The van der Waals surface area contributed by atoms with Gasteiger partial charge in [0.25, 0.3) is 11.5 Å². The first-order chi connectivity index (χ1) is 46.0. The fourth-order valence-electron chi connectivity index (χ4n) is 6.86. The molecule has 0 radical (unpaired) electrons. The lowest BCUT2D eigenvalue weighted by molar-refractivity contribution is -0.390. The number of aromatic hydroxyl groups is 3. The molecule has 0 fully saturated rings. The number of nitrogens with two attached hydrogens (primary N) is 3. The highest BCUT2D eigenvalue weighted by molar-refractivity contribution is 5.85. The van der Waals surface area contributed by atoms with Crippen LogP contribution in [0.1, 0.15) is 96.1 Å². The van der Waals surface area contributed by atoms with Crippen molar-refractivity contribution < 1.29 is 91.9 Å². The maximum Gasteiger partial charge on any atom is 0.519 e. The van der Waals surface area contributed by atoms with E-state index >= 15 is 0 Å². The first-order valence-corrected chi connectivity index (χ1v) is 29.0. The van der Waals surface area contributed by atoms with E-state index in [2.05, 4.69) is 35.3 Å². The third-order valence-corrected chi connectivity index (χ3v) is 10.9. The van der Waals surface area contributed by atoms with E-state index in [9.17, 15) is 64.8 Å². The zero-order valence-corrected chi connectivity index (χ0v) is 55.8. The second-order valence-electron chi connectivity index (χ2n) is 23.9.